The van der Waals surface area contributed by atoms with Crippen molar-refractivity contribution in [3.8, 4) is 11.3 Å². The third-order valence-corrected chi connectivity index (χ3v) is 6.69. The molecule has 2 bridgehead atoms. The van der Waals surface area contributed by atoms with Gasteiger partial charge in [-0.2, -0.15) is 0 Å². The largest absolute Gasteiger partial charge is 0.481 e. The van der Waals surface area contributed by atoms with Crippen LogP contribution in [0.2, 0.25) is 0 Å². The van der Waals surface area contributed by atoms with E-state index in [2.05, 4.69) is 5.32 Å². The van der Waals surface area contributed by atoms with E-state index in [-0.39, 0.29) is 29.9 Å². The molecule has 2 saturated carbocycles. The summed E-state index contributed by atoms with van der Waals surface area (Å²) >= 11 is 1.21. The third-order valence-electron chi connectivity index (χ3n) is 5.80. The predicted octanol–water partition coefficient (Wildman–Crippen LogP) is 3.87. The smallest absolute Gasteiger partial charge is 0.341 e. The molecular formula is C20H21NO6S. The van der Waals surface area contributed by atoms with Gasteiger partial charge < -0.3 is 19.6 Å². The van der Waals surface area contributed by atoms with Crippen LogP contribution in [-0.2, 0) is 14.3 Å². The summed E-state index contributed by atoms with van der Waals surface area (Å²) in [5, 5.41) is 14.5. The first kappa shape index (κ1) is 18.7. The number of furan rings is 1. The number of carbonyl (C=O) groups excluding carboxylic acids is 2. The molecule has 0 unspecified atom stereocenters. The molecule has 4 atom stereocenters. The van der Waals surface area contributed by atoms with Gasteiger partial charge >= 0.3 is 11.9 Å². The first-order valence-corrected chi connectivity index (χ1v) is 10.2. The average molecular weight is 403 g/mol. The number of carbonyl (C=O) groups is 3. The van der Waals surface area contributed by atoms with Gasteiger partial charge in [-0.1, -0.05) is 0 Å². The normalized spacial score (nSPS) is 25.6. The van der Waals surface area contributed by atoms with Crippen LogP contribution in [0.3, 0.4) is 0 Å². The maximum Gasteiger partial charge on any atom is 0.341 e. The van der Waals surface area contributed by atoms with Crippen LogP contribution in [0.25, 0.3) is 11.3 Å². The Morgan fingerprint density at radius 2 is 2.04 bits per heavy atom. The Hall–Kier alpha value is -2.61. The highest BCUT2D eigenvalue weighted by Crippen LogP contribution is 2.53. The van der Waals surface area contributed by atoms with E-state index in [0.717, 1.165) is 19.3 Å². The lowest BCUT2D eigenvalue weighted by Gasteiger charge is -2.26. The molecule has 0 saturated heterocycles. The zero-order valence-corrected chi connectivity index (χ0v) is 16.2. The van der Waals surface area contributed by atoms with Crippen LogP contribution in [0.1, 0.15) is 36.5 Å². The molecule has 2 aliphatic rings. The number of hydrogen-bond acceptors (Lipinski definition) is 6. The highest BCUT2D eigenvalue weighted by molar-refractivity contribution is 7.15. The Kier molecular flexibility index (Phi) is 4.97. The Labute approximate surface area is 165 Å². The van der Waals surface area contributed by atoms with E-state index in [1.54, 1.807) is 24.4 Å². The van der Waals surface area contributed by atoms with Crippen molar-refractivity contribution >= 4 is 34.2 Å². The van der Waals surface area contributed by atoms with Gasteiger partial charge in [0.05, 0.1) is 24.7 Å². The lowest BCUT2D eigenvalue weighted by molar-refractivity contribution is -0.148. The summed E-state index contributed by atoms with van der Waals surface area (Å²) in [6, 6.07) is 3.44. The van der Waals surface area contributed by atoms with Gasteiger partial charge in [0.25, 0.3) is 0 Å². The van der Waals surface area contributed by atoms with Gasteiger partial charge in [-0.25, -0.2) is 4.79 Å². The lowest BCUT2D eigenvalue weighted by atomic mass is 9.79. The van der Waals surface area contributed by atoms with Gasteiger partial charge in [0.2, 0.25) is 5.91 Å². The summed E-state index contributed by atoms with van der Waals surface area (Å²) in [5.41, 5.74) is 0.789. The Morgan fingerprint density at radius 3 is 2.68 bits per heavy atom. The number of thiophene rings is 1. The highest BCUT2D eigenvalue weighted by atomic mass is 32.1. The van der Waals surface area contributed by atoms with Gasteiger partial charge in [-0.05, 0) is 50.2 Å². The quantitative estimate of drug-likeness (QED) is 0.709. The maximum atomic E-state index is 13.0. The SMILES string of the molecule is CCOC(=O)c1c(-c2ccco2)csc1NC(=O)[C@@H]1[C@H]2CC[C@@H](C2)[C@@H]1C(=O)O. The summed E-state index contributed by atoms with van der Waals surface area (Å²) in [7, 11) is 0. The van der Waals surface area contributed by atoms with Gasteiger partial charge in [-0.15, -0.1) is 11.3 Å². The molecule has 8 heteroatoms. The van der Waals surface area contributed by atoms with Gasteiger partial charge in [-0.3, -0.25) is 9.59 Å². The number of fused-ring (bicyclic) bond motifs is 2. The molecule has 148 valence electrons. The molecule has 2 fully saturated rings. The minimum atomic E-state index is -0.916. The van der Waals surface area contributed by atoms with E-state index in [1.807, 2.05) is 0 Å². The van der Waals surface area contributed by atoms with Crippen LogP contribution in [0, 0.1) is 23.7 Å². The topological polar surface area (TPSA) is 106 Å². The van der Waals surface area contributed by atoms with Gasteiger partial charge in [0.15, 0.2) is 0 Å². The van der Waals surface area contributed by atoms with E-state index >= 15 is 0 Å². The van der Waals surface area contributed by atoms with Gasteiger partial charge in [0.1, 0.15) is 16.3 Å². The van der Waals surface area contributed by atoms with E-state index in [4.69, 9.17) is 9.15 Å². The molecule has 0 spiro atoms. The summed E-state index contributed by atoms with van der Waals surface area (Å²) < 4.78 is 10.6. The van der Waals surface area contributed by atoms with Crippen molar-refractivity contribution in [3.05, 3.63) is 29.3 Å². The number of rotatable bonds is 6. The van der Waals surface area contributed by atoms with Crippen molar-refractivity contribution in [1.82, 2.24) is 0 Å². The molecule has 1 amide bonds. The van der Waals surface area contributed by atoms with Crippen LogP contribution in [0.5, 0.6) is 0 Å². The minimum absolute atomic E-state index is 0.0600. The molecule has 28 heavy (non-hydrogen) atoms. The molecule has 7 nitrogen and oxygen atoms in total. The molecule has 2 N–H and O–H groups in total. The molecule has 2 aromatic heterocycles. The monoisotopic (exact) mass is 403 g/mol. The first-order chi connectivity index (χ1) is 13.5. The summed E-state index contributed by atoms with van der Waals surface area (Å²) in [6.07, 6.45) is 4.02. The molecule has 0 radical (unpaired) electrons. The molecule has 2 aliphatic carbocycles. The lowest BCUT2D eigenvalue weighted by Crippen LogP contribution is -2.37. The zero-order chi connectivity index (χ0) is 19.8. The molecule has 0 aromatic carbocycles. The van der Waals surface area contributed by atoms with Crippen molar-refractivity contribution < 1.29 is 28.6 Å². The van der Waals surface area contributed by atoms with Crippen molar-refractivity contribution in [2.45, 2.75) is 26.2 Å². The fraction of sp³-hybridized carbons (Fsp3) is 0.450. The summed E-state index contributed by atoms with van der Waals surface area (Å²) in [5.74, 6) is -2.38. The summed E-state index contributed by atoms with van der Waals surface area (Å²) in [4.78, 5) is 37.3. The first-order valence-electron chi connectivity index (χ1n) is 9.37. The number of nitrogens with one attached hydrogen (secondary N) is 1. The Balaban J connectivity index is 1.63. The third kappa shape index (κ3) is 3.11. The maximum absolute atomic E-state index is 13.0. The number of amides is 1. The molecule has 0 aliphatic heterocycles. The second-order valence-electron chi connectivity index (χ2n) is 7.26. The Bertz CT molecular complexity index is 902. The average Bonchev–Trinajstić information content (AvgIpc) is 3.43. The van der Waals surface area contributed by atoms with Crippen molar-refractivity contribution in [1.29, 1.82) is 0 Å². The zero-order valence-electron chi connectivity index (χ0n) is 15.3. The number of carboxylic acid groups (broad SMARTS) is 1. The van der Waals surface area contributed by atoms with Crippen molar-refractivity contribution in [2.75, 3.05) is 11.9 Å². The van der Waals surface area contributed by atoms with Crippen LogP contribution in [0.15, 0.2) is 28.2 Å². The molecule has 2 heterocycles. The van der Waals surface area contributed by atoms with E-state index in [9.17, 15) is 19.5 Å². The minimum Gasteiger partial charge on any atom is -0.481 e. The number of carboxylic acids is 1. The number of esters is 1. The number of hydrogen-bond donors (Lipinski definition) is 2. The predicted molar refractivity (Wildman–Crippen MR) is 102 cm³/mol. The van der Waals surface area contributed by atoms with Crippen molar-refractivity contribution in [3.63, 3.8) is 0 Å². The second-order valence-corrected chi connectivity index (χ2v) is 8.14. The Morgan fingerprint density at radius 1 is 1.29 bits per heavy atom. The fourth-order valence-electron chi connectivity index (χ4n) is 4.69. The van der Waals surface area contributed by atoms with Crippen LogP contribution < -0.4 is 5.32 Å². The van der Waals surface area contributed by atoms with Crippen LogP contribution in [-0.4, -0.2) is 29.6 Å². The fourth-order valence-corrected chi connectivity index (χ4v) is 5.63. The van der Waals surface area contributed by atoms with E-state index in [1.165, 1.54) is 17.6 Å². The van der Waals surface area contributed by atoms with E-state index in [0.29, 0.717) is 16.3 Å². The molecular weight excluding hydrogens is 382 g/mol. The van der Waals surface area contributed by atoms with Crippen LogP contribution >= 0.6 is 11.3 Å². The standard InChI is InChI=1S/C20H21NO6S/c1-2-26-20(25)16-12(13-4-3-7-27-13)9-28-18(16)21-17(22)14-10-5-6-11(8-10)15(14)19(23)24/h3-4,7,9-11,14-15H,2,5-6,8H2,1H3,(H,21,22)(H,23,24)/t10-,11-,14+,15-/m0/s1. The summed E-state index contributed by atoms with van der Waals surface area (Å²) in [6.45, 7) is 1.91. The highest BCUT2D eigenvalue weighted by Gasteiger charge is 2.54. The second kappa shape index (κ2) is 7.43. The molecule has 2 aromatic rings. The number of aliphatic carboxylic acids is 1. The molecule has 4 rings (SSSR count). The van der Waals surface area contributed by atoms with Crippen LogP contribution in [0.4, 0.5) is 5.00 Å². The van der Waals surface area contributed by atoms with E-state index < -0.39 is 23.8 Å². The number of anilines is 1. The number of ether oxygens (including phenoxy) is 1. The van der Waals surface area contributed by atoms with Gasteiger partial charge in [0, 0.05) is 10.9 Å². The van der Waals surface area contributed by atoms with Crippen molar-refractivity contribution in [2.24, 2.45) is 23.7 Å².